The van der Waals surface area contributed by atoms with Crippen molar-refractivity contribution in [3.05, 3.63) is 28.8 Å². The van der Waals surface area contributed by atoms with Gasteiger partial charge in [0.1, 0.15) is 5.75 Å². The molecule has 1 aliphatic rings. The molecule has 0 bridgehead atoms. The van der Waals surface area contributed by atoms with Gasteiger partial charge in [0.2, 0.25) is 0 Å². The van der Waals surface area contributed by atoms with Gasteiger partial charge in [-0.3, -0.25) is 4.90 Å². The average Bonchev–Trinajstić information content (AvgIpc) is 2.45. The first-order valence-corrected chi connectivity index (χ1v) is 7.38. The van der Waals surface area contributed by atoms with Gasteiger partial charge in [-0.15, -0.1) is 0 Å². The van der Waals surface area contributed by atoms with Gasteiger partial charge in [-0.2, -0.15) is 0 Å². The van der Waals surface area contributed by atoms with Gasteiger partial charge < -0.3 is 15.5 Å². The number of para-hydroxylation sites is 1. The Morgan fingerprint density at radius 2 is 2.00 bits per heavy atom. The highest BCUT2D eigenvalue weighted by Gasteiger charge is 2.37. The average molecular weight is 299 g/mol. The van der Waals surface area contributed by atoms with Crippen LogP contribution in [0.25, 0.3) is 0 Å². The van der Waals surface area contributed by atoms with Crippen LogP contribution in [0.2, 0.25) is 5.02 Å². The number of nitrogens with zero attached hydrogens (tertiary/aromatic N) is 1. The van der Waals surface area contributed by atoms with Crippen molar-refractivity contribution in [1.29, 1.82) is 0 Å². The van der Waals surface area contributed by atoms with Crippen LogP contribution in [0.5, 0.6) is 5.75 Å². The molecule has 2 rings (SSSR count). The zero-order valence-electron chi connectivity index (χ0n) is 12.1. The Morgan fingerprint density at radius 1 is 1.35 bits per heavy atom. The van der Waals surface area contributed by atoms with Crippen LogP contribution in [0.4, 0.5) is 0 Å². The quantitative estimate of drug-likeness (QED) is 0.796. The Balaban J connectivity index is 2.42. The molecule has 4 nitrogen and oxygen atoms in total. The number of aliphatic hydroxyl groups excluding tert-OH is 1. The van der Waals surface area contributed by atoms with Gasteiger partial charge in [-0.1, -0.05) is 37.6 Å². The number of phenolic OH excluding ortho intramolecular Hbond substituents is 1. The second-order valence-electron chi connectivity index (χ2n) is 6.01. The number of aromatic hydroxyl groups is 1. The van der Waals surface area contributed by atoms with Crippen molar-refractivity contribution < 1.29 is 10.2 Å². The van der Waals surface area contributed by atoms with Crippen molar-refractivity contribution in [2.75, 3.05) is 32.8 Å². The highest BCUT2D eigenvalue weighted by Crippen LogP contribution is 2.43. The number of hydrogen-bond acceptors (Lipinski definition) is 4. The maximum Gasteiger partial charge on any atom is 0.138 e. The van der Waals surface area contributed by atoms with Crippen LogP contribution < -0.4 is 5.32 Å². The topological polar surface area (TPSA) is 55.7 Å². The van der Waals surface area contributed by atoms with E-state index in [2.05, 4.69) is 10.2 Å². The van der Waals surface area contributed by atoms with Crippen LogP contribution in [0, 0.1) is 5.41 Å². The number of nitrogens with one attached hydrogen (secondary N) is 1. The molecule has 0 aromatic heterocycles. The first-order chi connectivity index (χ1) is 9.47. The van der Waals surface area contributed by atoms with Gasteiger partial charge >= 0.3 is 0 Å². The van der Waals surface area contributed by atoms with E-state index in [9.17, 15) is 10.2 Å². The molecule has 1 fully saturated rings. The predicted octanol–water partition coefficient (Wildman–Crippen LogP) is 2.01. The van der Waals surface area contributed by atoms with E-state index in [0.29, 0.717) is 5.02 Å². The molecule has 0 aliphatic carbocycles. The third-order valence-corrected chi connectivity index (χ3v) is 4.28. The zero-order chi connectivity index (χ0) is 14.8. The largest absolute Gasteiger partial charge is 0.506 e. The van der Waals surface area contributed by atoms with Gasteiger partial charge in [-0.05, 0) is 6.07 Å². The van der Waals surface area contributed by atoms with Crippen molar-refractivity contribution in [3.8, 4) is 5.75 Å². The second-order valence-corrected chi connectivity index (χ2v) is 6.42. The predicted molar refractivity (Wildman–Crippen MR) is 81.2 cm³/mol. The zero-order valence-corrected chi connectivity index (χ0v) is 12.8. The summed E-state index contributed by atoms with van der Waals surface area (Å²) in [5.41, 5.74) is 0.429. The summed E-state index contributed by atoms with van der Waals surface area (Å²) in [5, 5.41) is 23.7. The molecule has 3 N–H and O–H groups in total. The summed E-state index contributed by atoms with van der Waals surface area (Å²) in [6.45, 7) is 7.69. The fourth-order valence-electron chi connectivity index (χ4n) is 2.89. The van der Waals surface area contributed by atoms with E-state index in [1.807, 2.05) is 26.0 Å². The minimum Gasteiger partial charge on any atom is -0.506 e. The van der Waals surface area contributed by atoms with Crippen LogP contribution >= 0.6 is 11.6 Å². The summed E-state index contributed by atoms with van der Waals surface area (Å²) in [4.78, 5) is 2.30. The lowest BCUT2D eigenvalue weighted by Crippen LogP contribution is -2.49. The molecular weight excluding hydrogens is 276 g/mol. The van der Waals surface area contributed by atoms with E-state index < -0.39 is 0 Å². The summed E-state index contributed by atoms with van der Waals surface area (Å²) in [5.74, 6) is 0.124. The molecular formula is C15H23ClN2O2. The van der Waals surface area contributed by atoms with Gasteiger partial charge in [0.05, 0.1) is 5.02 Å². The lowest BCUT2D eigenvalue weighted by Gasteiger charge is -2.43. The molecule has 1 saturated heterocycles. The fraction of sp³-hybridized carbons (Fsp3) is 0.600. The van der Waals surface area contributed by atoms with Gasteiger partial charge in [0.15, 0.2) is 0 Å². The molecule has 0 radical (unpaired) electrons. The Kier molecular flexibility index (Phi) is 4.91. The second kappa shape index (κ2) is 6.31. The highest BCUT2D eigenvalue weighted by molar-refractivity contribution is 6.32. The van der Waals surface area contributed by atoms with Crippen molar-refractivity contribution in [1.82, 2.24) is 10.2 Å². The Labute approximate surface area is 125 Å². The van der Waals surface area contributed by atoms with E-state index >= 15 is 0 Å². The standard InChI is InChI=1S/C15H23ClN2O2/c1-15(2,10-19)14(18-8-6-17-7-9-18)11-4-3-5-12(16)13(11)20/h3-5,14,17,19-20H,6-10H2,1-2H3/t14-/m0/s1. The van der Waals surface area contributed by atoms with E-state index in [-0.39, 0.29) is 23.8 Å². The van der Waals surface area contributed by atoms with Gasteiger partial charge in [-0.25, -0.2) is 0 Å². The first kappa shape index (κ1) is 15.6. The molecule has 20 heavy (non-hydrogen) atoms. The Morgan fingerprint density at radius 3 is 2.60 bits per heavy atom. The number of rotatable bonds is 4. The minimum absolute atomic E-state index is 0.0492. The molecule has 1 heterocycles. The van der Waals surface area contributed by atoms with E-state index in [1.54, 1.807) is 6.07 Å². The van der Waals surface area contributed by atoms with Crippen LogP contribution in [-0.2, 0) is 0 Å². The monoisotopic (exact) mass is 298 g/mol. The van der Waals surface area contributed by atoms with Crippen molar-refractivity contribution in [3.63, 3.8) is 0 Å². The fourth-order valence-corrected chi connectivity index (χ4v) is 3.07. The van der Waals surface area contributed by atoms with Crippen molar-refractivity contribution >= 4 is 11.6 Å². The molecule has 1 atom stereocenters. The number of hydrogen-bond donors (Lipinski definition) is 3. The lowest BCUT2D eigenvalue weighted by atomic mass is 9.79. The van der Waals surface area contributed by atoms with Crippen LogP contribution in [0.15, 0.2) is 18.2 Å². The van der Waals surface area contributed by atoms with Gasteiger partial charge in [0.25, 0.3) is 0 Å². The summed E-state index contributed by atoms with van der Waals surface area (Å²) in [6.07, 6.45) is 0. The van der Waals surface area contributed by atoms with Gasteiger partial charge in [0, 0.05) is 49.8 Å². The van der Waals surface area contributed by atoms with Crippen LogP contribution in [-0.4, -0.2) is 47.9 Å². The Hall–Kier alpha value is -0.810. The first-order valence-electron chi connectivity index (χ1n) is 7.00. The molecule has 0 amide bonds. The molecule has 1 aromatic carbocycles. The molecule has 5 heteroatoms. The maximum absolute atomic E-state index is 10.3. The smallest absolute Gasteiger partial charge is 0.138 e. The molecule has 0 unspecified atom stereocenters. The molecule has 112 valence electrons. The molecule has 0 saturated carbocycles. The van der Waals surface area contributed by atoms with E-state index in [0.717, 1.165) is 31.7 Å². The van der Waals surface area contributed by atoms with Crippen molar-refractivity contribution in [2.24, 2.45) is 5.41 Å². The molecule has 1 aliphatic heterocycles. The third kappa shape index (κ3) is 3.09. The summed E-state index contributed by atoms with van der Waals surface area (Å²) < 4.78 is 0. The third-order valence-electron chi connectivity index (χ3n) is 3.98. The summed E-state index contributed by atoms with van der Waals surface area (Å²) in [6, 6.07) is 5.36. The number of halogens is 1. The molecule has 0 spiro atoms. The van der Waals surface area contributed by atoms with Crippen LogP contribution in [0.3, 0.4) is 0 Å². The normalized spacial score (nSPS) is 19.0. The minimum atomic E-state index is -0.362. The van der Waals surface area contributed by atoms with Crippen molar-refractivity contribution in [2.45, 2.75) is 19.9 Å². The highest BCUT2D eigenvalue weighted by atomic mass is 35.5. The number of phenols is 1. The number of aliphatic hydroxyl groups is 1. The van der Waals surface area contributed by atoms with E-state index in [4.69, 9.17) is 11.6 Å². The number of benzene rings is 1. The summed E-state index contributed by atoms with van der Waals surface area (Å²) in [7, 11) is 0. The number of piperazine rings is 1. The van der Waals surface area contributed by atoms with E-state index in [1.165, 1.54) is 0 Å². The summed E-state index contributed by atoms with van der Waals surface area (Å²) >= 11 is 6.05. The SMILES string of the molecule is CC(C)(CO)[C@H](c1cccc(Cl)c1O)N1CCNCC1. The Bertz CT molecular complexity index is 459. The maximum atomic E-state index is 10.3. The molecule has 1 aromatic rings. The lowest BCUT2D eigenvalue weighted by molar-refractivity contribution is 0.0293. The van der Waals surface area contributed by atoms with Crippen LogP contribution in [0.1, 0.15) is 25.5 Å².